The molecule has 0 bridgehead atoms. The lowest BCUT2D eigenvalue weighted by molar-refractivity contribution is 0.480. The molecule has 0 aliphatic heterocycles. The number of thiol groups is 1. The smallest absolute Gasteiger partial charge is 0.116 e. The number of alkyl halides is 1. The van der Waals surface area contributed by atoms with E-state index in [1.54, 1.807) is 18.2 Å². The molecular weight excluding hydrogens is 135 g/mol. The summed E-state index contributed by atoms with van der Waals surface area (Å²) in [7, 11) is 0. The summed E-state index contributed by atoms with van der Waals surface area (Å²) in [5, 5.41) is 0. The summed E-state index contributed by atoms with van der Waals surface area (Å²) in [6, 6.07) is 7.14. The standard InChI is InChI=1S/C7H7FS/c8-5-6-3-1-2-4-7(6)9/h1-4,9H,5H2. The van der Waals surface area contributed by atoms with Crippen molar-refractivity contribution in [1.82, 2.24) is 0 Å². The van der Waals surface area contributed by atoms with Gasteiger partial charge in [0, 0.05) is 4.90 Å². The first-order chi connectivity index (χ1) is 4.34. The molecule has 0 amide bonds. The molecular formula is C7H7FS. The molecule has 0 heterocycles. The van der Waals surface area contributed by atoms with Gasteiger partial charge in [-0.15, -0.1) is 12.6 Å². The topological polar surface area (TPSA) is 0 Å². The van der Waals surface area contributed by atoms with Crippen molar-refractivity contribution in [2.24, 2.45) is 0 Å². The van der Waals surface area contributed by atoms with Gasteiger partial charge in [-0.3, -0.25) is 0 Å². The molecule has 0 saturated carbocycles. The van der Waals surface area contributed by atoms with E-state index in [0.717, 1.165) is 4.90 Å². The van der Waals surface area contributed by atoms with Crippen LogP contribution in [-0.2, 0) is 6.67 Å². The summed E-state index contributed by atoms with van der Waals surface area (Å²) in [4.78, 5) is 0.722. The maximum Gasteiger partial charge on any atom is 0.116 e. The van der Waals surface area contributed by atoms with Gasteiger partial charge in [0.05, 0.1) is 0 Å². The van der Waals surface area contributed by atoms with E-state index >= 15 is 0 Å². The Hall–Kier alpha value is -0.500. The van der Waals surface area contributed by atoms with Gasteiger partial charge in [-0.25, -0.2) is 4.39 Å². The number of halogens is 1. The van der Waals surface area contributed by atoms with E-state index in [1.165, 1.54) is 0 Å². The van der Waals surface area contributed by atoms with E-state index in [0.29, 0.717) is 5.56 Å². The molecule has 0 aliphatic rings. The molecule has 0 saturated heterocycles. The van der Waals surface area contributed by atoms with E-state index < -0.39 is 6.67 Å². The van der Waals surface area contributed by atoms with Crippen LogP contribution in [0.1, 0.15) is 5.56 Å². The third-order valence-corrected chi connectivity index (χ3v) is 1.57. The highest BCUT2D eigenvalue weighted by Gasteiger charge is 1.92. The second-order valence-corrected chi connectivity index (χ2v) is 2.24. The Morgan fingerprint density at radius 1 is 1.33 bits per heavy atom. The largest absolute Gasteiger partial charge is 0.246 e. The van der Waals surface area contributed by atoms with Gasteiger partial charge in [-0.2, -0.15) is 0 Å². The van der Waals surface area contributed by atoms with Gasteiger partial charge >= 0.3 is 0 Å². The van der Waals surface area contributed by atoms with Crippen molar-refractivity contribution in [3.63, 3.8) is 0 Å². The van der Waals surface area contributed by atoms with Crippen molar-refractivity contribution in [3.8, 4) is 0 Å². The fourth-order valence-corrected chi connectivity index (χ4v) is 0.844. The van der Waals surface area contributed by atoms with Crippen molar-refractivity contribution in [2.75, 3.05) is 0 Å². The predicted octanol–water partition coefficient (Wildman–Crippen LogP) is 2.44. The minimum Gasteiger partial charge on any atom is -0.246 e. The van der Waals surface area contributed by atoms with Crippen molar-refractivity contribution < 1.29 is 4.39 Å². The highest BCUT2D eigenvalue weighted by Crippen LogP contribution is 2.12. The SMILES string of the molecule is FCc1ccccc1S. The van der Waals surface area contributed by atoms with Crippen LogP contribution in [0.2, 0.25) is 0 Å². The van der Waals surface area contributed by atoms with E-state index in [9.17, 15) is 4.39 Å². The molecule has 0 nitrogen and oxygen atoms in total. The first-order valence-corrected chi connectivity index (χ1v) is 3.12. The first kappa shape index (κ1) is 6.62. The van der Waals surface area contributed by atoms with Crippen molar-refractivity contribution in [3.05, 3.63) is 29.8 Å². The average Bonchev–Trinajstić information content (AvgIpc) is 1.89. The van der Waals surface area contributed by atoms with Gasteiger partial charge in [-0.1, -0.05) is 18.2 Å². The summed E-state index contributed by atoms with van der Waals surface area (Å²) in [6.07, 6.45) is 0. The Bertz CT molecular complexity index is 198. The molecule has 1 aromatic carbocycles. The summed E-state index contributed by atoms with van der Waals surface area (Å²) in [6.45, 7) is -0.431. The fraction of sp³-hybridized carbons (Fsp3) is 0.143. The fourth-order valence-electron chi connectivity index (χ4n) is 0.624. The Morgan fingerprint density at radius 3 is 2.44 bits per heavy atom. The quantitative estimate of drug-likeness (QED) is 0.572. The summed E-state index contributed by atoms with van der Waals surface area (Å²) >= 11 is 4.04. The van der Waals surface area contributed by atoms with Gasteiger partial charge in [0.15, 0.2) is 0 Å². The summed E-state index contributed by atoms with van der Waals surface area (Å²) < 4.78 is 11.9. The van der Waals surface area contributed by atoms with Crippen LogP contribution in [0.4, 0.5) is 4.39 Å². The third kappa shape index (κ3) is 1.45. The molecule has 0 N–H and O–H groups in total. The molecule has 1 aromatic rings. The molecule has 0 aliphatic carbocycles. The Balaban J connectivity index is 3.01. The molecule has 1 rings (SSSR count). The van der Waals surface area contributed by atoms with Crippen molar-refractivity contribution >= 4 is 12.6 Å². The highest BCUT2D eigenvalue weighted by atomic mass is 32.1. The number of hydrogen-bond donors (Lipinski definition) is 1. The molecule has 0 spiro atoms. The number of hydrogen-bond acceptors (Lipinski definition) is 1. The minimum absolute atomic E-state index is 0.431. The van der Waals surface area contributed by atoms with E-state index in [2.05, 4.69) is 12.6 Å². The maximum atomic E-state index is 11.9. The van der Waals surface area contributed by atoms with Crippen molar-refractivity contribution in [1.29, 1.82) is 0 Å². The molecule has 0 radical (unpaired) electrons. The van der Waals surface area contributed by atoms with Crippen LogP contribution in [0.15, 0.2) is 29.2 Å². The van der Waals surface area contributed by atoms with Crippen LogP contribution in [0, 0.1) is 0 Å². The second-order valence-electron chi connectivity index (χ2n) is 1.76. The van der Waals surface area contributed by atoms with Gasteiger partial charge < -0.3 is 0 Å². The van der Waals surface area contributed by atoms with Crippen LogP contribution in [0.5, 0.6) is 0 Å². The van der Waals surface area contributed by atoms with Crippen LogP contribution in [0.25, 0.3) is 0 Å². The minimum atomic E-state index is -0.431. The monoisotopic (exact) mass is 142 g/mol. The summed E-state index contributed by atoms with van der Waals surface area (Å²) in [5.74, 6) is 0. The van der Waals surface area contributed by atoms with Gasteiger partial charge in [0.25, 0.3) is 0 Å². The third-order valence-electron chi connectivity index (χ3n) is 1.14. The lowest BCUT2D eigenvalue weighted by Gasteiger charge is -1.95. The lowest BCUT2D eigenvalue weighted by atomic mass is 10.2. The zero-order valence-electron chi connectivity index (χ0n) is 4.84. The Labute approximate surface area is 59.1 Å². The molecule has 0 unspecified atom stereocenters. The van der Waals surface area contributed by atoms with Gasteiger partial charge in [0.2, 0.25) is 0 Å². The predicted molar refractivity (Wildman–Crippen MR) is 38.5 cm³/mol. The second kappa shape index (κ2) is 2.87. The van der Waals surface area contributed by atoms with E-state index in [1.807, 2.05) is 6.07 Å². The maximum absolute atomic E-state index is 11.9. The van der Waals surface area contributed by atoms with Crippen molar-refractivity contribution in [2.45, 2.75) is 11.6 Å². The molecule has 2 heteroatoms. The lowest BCUT2D eigenvalue weighted by Crippen LogP contribution is -1.78. The zero-order chi connectivity index (χ0) is 6.69. The molecule has 0 atom stereocenters. The first-order valence-electron chi connectivity index (χ1n) is 2.67. The van der Waals surface area contributed by atoms with Crippen LogP contribution >= 0.6 is 12.6 Å². The van der Waals surface area contributed by atoms with E-state index in [4.69, 9.17) is 0 Å². The zero-order valence-corrected chi connectivity index (χ0v) is 5.74. The van der Waals surface area contributed by atoms with Crippen LogP contribution in [-0.4, -0.2) is 0 Å². The van der Waals surface area contributed by atoms with Gasteiger partial charge in [-0.05, 0) is 11.6 Å². The molecule has 48 valence electrons. The molecule has 0 fully saturated rings. The molecule has 0 aromatic heterocycles. The van der Waals surface area contributed by atoms with Gasteiger partial charge in [0.1, 0.15) is 6.67 Å². The normalized spacial score (nSPS) is 9.56. The Morgan fingerprint density at radius 2 is 2.00 bits per heavy atom. The summed E-state index contributed by atoms with van der Waals surface area (Å²) in [5.41, 5.74) is 0.654. The highest BCUT2D eigenvalue weighted by molar-refractivity contribution is 7.80. The van der Waals surface area contributed by atoms with Crippen LogP contribution < -0.4 is 0 Å². The Kier molecular flexibility index (Phi) is 2.11. The average molecular weight is 142 g/mol. The molecule has 9 heavy (non-hydrogen) atoms. The van der Waals surface area contributed by atoms with E-state index in [-0.39, 0.29) is 0 Å². The number of benzene rings is 1. The number of rotatable bonds is 1. The van der Waals surface area contributed by atoms with Crippen LogP contribution in [0.3, 0.4) is 0 Å².